The maximum atomic E-state index is 13.0. The van der Waals surface area contributed by atoms with Gasteiger partial charge in [0.05, 0.1) is 0 Å². The molecule has 0 N–H and O–H groups in total. The standard InChI is InChI=1S/C26H28O4Se/c1-29-23(27)26(24(28)30-2)17-21(19-11-5-3-6-12-19)25(18-26)16-10-9-15-22(25)31-20-13-7-4-8-14-20/h3-8,11-14,17,22H,9-10,15-16,18H2,1-2H3. The topological polar surface area (TPSA) is 52.6 Å². The van der Waals surface area contributed by atoms with E-state index >= 15 is 0 Å². The van der Waals surface area contributed by atoms with Crippen molar-refractivity contribution in [2.45, 2.75) is 36.9 Å². The van der Waals surface area contributed by atoms with Crippen LogP contribution < -0.4 is 4.46 Å². The van der Waals surface area contributed by atoms with Crippen LogP contribution in [0.5, 0.6) is 0 Å². The van der Waals surface area contributed by atoms with E-state index in [0.717, 1.165) is 30.4 Å². The molecule has 0 heterocycles. The van der Waals surface area contributed by atoms with Gasteiger partial charge in [0.15, 0.2) is 0 Å². The average Bonchev–Trinajstić information content (AvgIpc) is 3.17. The van der Waals surface area contributed by atoms with Gasteiger partial charge in [0.25, 0.3) is 0 Å². The number of carbonyl (C=O) groups is 2. The van der Waals surface area contributed by atoms with Gasteiger partial charge in [-0.15, -0.1) is 0 Å². The van der Waals surface area contributed by atoms with Crippen LogP contribution in [0.3, 0.4) is 0 Å². The van der Waals surface area contributed by atoms with Crippen molar-refractivity contribution in [1.82, 2.24) is 0 Å². The Bertz CT molecular complexity index is 953. The second-order valence-electron chi connectivity index (χ2n) is 8.38. The summed E-state index contributed by atoms with van der Waals surface area (Å²) in [5, 5.41) is 0. The minimum atomic E-state index is -1.39. The molecule has 2 aliphatic carbocycles. The normalized spacial score (nSPS) is 24.5. The number of allylic oxidation sites excluding steroid dienone is 1. The van der Waals surface area contributed by atoms with Crippen LogP contribution in [0, 0.1) is 10.8 Å². The Balaban J connectivity index is 1.86. The fourth-order valence-corrected chi connectivity index (χ4v) is 8.39. The van der Waals surface area contributed by atoms with Gasteiger partial charge in [-0.25, -0.2) is 0 Å². The Morgan fingerprint density at radius 3 is 2.13 bits per heavy atom. The third-order valence-corrected chi connectivity index (χ3v) is 9.86. The summed E-state index contributed by atoms with van der Waals surface area (Å²) in [5.41, 5.74) is 0.536. The summed E-state index contributed by atoms with van der Waals surface area (Å²) in [5.74, 6) is -1.05. The molecular formula is C26H28O4Se. The first kappa shape index (κ1) is 21.9. The predicted molar refractivity (Wildman–Crippen MR) is 122 cm³/mol. The molecule has 2 aromatic rings. The van der Waals surface area contributed by atoms with Crippen LogP contribution in [0.2, 0.25) is 4.82 Å². The van der Waals surface area contributed by atoms with Crippen molar-refractivity contribution >= 4 is 36.9 Å². The summed E-state index contributed by atoms with van der Waals surface area (Å²) < 4.78 is 11.7. The SMILES string of the molecule is COC(=O)C1(C(=O)OC)C=C(c2ccccc2)C2(CCCCC2[Se]c2ccccc2)C1. The zero-order valence-corrected chi connectivity index (χ0v) is 19.7. The van der Waals surface area contributed by atoms with Gasteiger partial charge < -0.3 is 0 Å². The van der Waals surface area contributed by atoms with Crippen molar-refractivity contribution in [3.63, 3.8) is 0 Å². The van der Waals surface area contributed by atoms with Crippen LogP contribution in [-0.4, -0.2) is 41.1 Å². The quantitative estimate of drug-likeness (QED) is 0.364. The summed E-state index contributed by atoms with van der Waals surface area (Å²) in [6.07, 6.45) is 6.61. The number of ether oxygens (including phenoxy) is 2. The number of carbonyl (C=O) groups excluding carboxylic acids is 2. The van der Waals surface area contributed by atoms with Gasteiger partial charge in [-0.3, -0.25) is 0 Å². The molecular weight excluding hydrogens is 455 g/mol. The Kier molecular flexibility index (Phi) is 6.36. The molecule has 0 aliphatic heterocycles. The van der Waals surface area contributed by atoms with E-state index in [1.54, 1.807) is 0 Å². The second-order valence-corrected chi connectivity index (χ2v) is 11.1. The molecule has 162 valence electrons. The fourth-order valence-electron chi connectivity index (χ4n) is 5.29. The molecule has 1 saturated carbocycles. The Morgan fingerprint density at radius 2 is 1.52 bits per heavy atom. The molecule has 0 saturated heterocycles. The van der Waals surface area contributed by atoms with Crippen molar-refractivity contribution in [2.24, 2.45) is 10.8 Å². The van der Waals surface area contributed by atoms with Gasteiger partial charge in [0.1, 0.15) is 0 Å². The molecule has 0 radical (unpaired) electrons. The van der Waals surface area contributed by atoms with Crippen molar-refractivity contribution in [2.75, 3.05) is 14.2 Å². The zero-order chi connectivity index (χ0) is 21.9. The summed E-state index contributed by atoms with van der Waals surface area (Å²) in [7, 11) is 2.70. The first-order valence-electron chi connectivity index (χ1n) is 10.7. The molecule has 4 nitrogen and oxygen atoms in total. The Hall–Kier alpha value is -2.36. The predicted octanol–water partition coefficient (Wildman–Crippen LogP) is 4.18. The van der Waals surface area contributed by atoms with Gasteiger partial charge in [0, 0.05) is 0 Å². The van der Waals surface area contributed by atoms with E-state index in [1.165, 1.54) is 25.1 Å². The van der Waals surface area contributed by atoms with Crippen LogP contribution in [0.15, 0.2) is 66.7 Å². The van der Waals surface area contributed by atoms with E-state index in [0.29, 0.717) is 11.2 Å². The van der Waals surface area contributed by atoms with E-state index in [-0.39, 0.29) is 20.4 Å². The number of benzene rings is 2. The van der Waals surface area contributed by atoms with Crippen LogP contribution in [0.1, 0.15) is 37.7 Å². The molecule has 1 spiro atoms. The number of hydrogen-bond donors (Lipinski definition) is 0. The van der Waals surface area contributed by atoms with E-state index in [9.17, 15) is 9.59 Å². The molecule has 5 heteroatoms. The minimum absolute atomic E-state index is 0.220. The number of methoxy groups -OCH3 is 2. The molecule has 2 aliphatic rings. The fraction of sp³-hybridized carbons (Fsp3) is 0.385. The van der Waals surface area contributed by atoms with Crippen LogP contribution in [0.25, 0.3) is 5.57 Å². The van der Waals surface area contributed by atoms with Crippen molar-refractivity contribution in [3.05, 3.63) is 72.3 Å². The van der Waals surface area contributed by atoms with E-state index < -0.39 is 17.4 Å². The molecule has 0 amide bonds. The van der Waals surface area contributed by atoms with Gasteiger partial charge in [-0.1, -0.05) is 0 Å². The molecule has 0 bridgehead atoms. The first-order chi connectivity index (χ1) is 15.1. The summed E-state index contributed by atoms with van der Waals surface area (Å²) in [6, 6.07) is 20.8. The first-order valence-corrected chi connectivity index (χ1v) is 12.6. The third-order valence-electron chi connectivity index (χ3n) is 6.68. The van der Waals surface area contributed by atoms with Crippen molar-refractivity contribution in [1.29, 1.82) is 0 Å². The van der Waals surface area contributed by atoms with Gasteiger partial charge in [-0.2, -0.15) is 0 Å². The third kappa shape index (κ3) is 3.86. The Morgan fingerprint density at radius 1 is 0.903 bits per heavy atom. The summed E-state index contributed by atoms with van der Waals surface area (Å²) in [6.45, 7) is 0. The van der Waals surface area contributed by atoms with Crippen LogP contribution in [0.4, 0.5) is 0 Å². The molecule has 4 rings (SSSR count). The van der Waals surface area contributed by atoms with E-state index in [4.69, 9.17) is 9.47 Å². The molecule has 2 aromatic carbocycles. The van der Waals surface area contributed by atoms with E-state index in [2.05, 4.69) is 36.4 Å². The van der Waals surface area contributed by atoms with Crippen LogP contribution in [-0.2, 0) is 19.1 Å². The van der Waals surface area contributed by atoms with Crippen LogP contribution >= 0.6 is 0 Å². The molecule has 2 unspecified atom stereocenters. The molecule has 0 aromatic heterocycles. The van der Waals surface area contributed by atoms with Gasteiger partial charge in [0.2, 0.25) is 0 Å². The van der Waals surface area contributed by atoms with Gasteiger partial charge in [-0.05, 0) is 0 Å². The van der Waals surface area contributed by atoms with Gasteiger partial charge >= 0.3 is 190 Å². The van der Waals surface area contributed by atoms with Crippen molar-refractivity contribution in [3.8, 4) is 0 Å². The Labute approximate surface area is 190 Å². The summed E-state index contributed by atoms with van der Waals surface area (Å²) in [4.78, 5) is 26.5. The number of esters is 2. The number of rotatable bonds is 5. The zero-order valence-electron chi connectivity index (χ0n) is 18.0. The molecule has 2 atom stereocenters. The number of hydrogen-bond acceptors (Lipinski definition) is 4. The summed E-state index contributed by atoms with van der Waals surface area (Å²) >= 11 is 0.220. The van der Waals surface area contributed by atoms with Crippen molar-refractivity contribution < 1.29 is 19.1 Å². The molecule has 1 fully saturated rings. The van der Waals surface area contributed by atoms with E-state index in [1.807, 2.05) is 30.3 Å². The average molecular weight is 483 g/mol. The second kappa shape index (κ2) is 9.02. The maximum absolute atomic E-state index is 13.0. The molecule has 31 heavy (non-hydrogen) atoms. The monoisotopic (exact) mass is 484 g/mol.